The van der Waals surface area contributed by atoms with Gasteiger partial charge in [0.05, 0.1) is 156 Å². The lowest BCUT2D eigenvalue weighted by molar-refractivity contribution is 1.02. The number of fused-ring (bicyclic) bond motifs is 31. The zero-order valence-electron chi connectivity index (χ0n) is 80.1. The quantitative estimate of drug-likeness (QED) is 0.127. The lowest BCUT2D eigenvalue weighted by atomic mass is 9.98. The van der Waals surface area contributed by atoms with Crippen LogP contribution < -0.4 is 0 Å². The van der Waals surface area contributed by atoms with Crippen molar-refractivity contribution in [2.75, 3.05) is 0 Å². The summed E-state index contributed by atoms with van der Waals surface area (Å²) in [6.45, 7) is 0. The smallest absolute Gasteiger partial charge is 0.104 e. The fraction of sp³-hybridized carbons (Fsp3) is 0. The van der Waals surface area contributed by atoms with E-state index in [-0.39, 0.29) is 11.1 Å². The van der Waals surface area contributed by atoms with Gasteiger partial charge in [-0.25, -0.2) is 0 Å². The summed E-state index contributed by atoms with van der Waals surface area (Å²) in [5.74, 6) is 0. The van der Waals surface area contributed by atoms with Gasteiger partial charge in [0.15, 0.2) is 0 Å². The van der Waals surface area contributed by atoms with E-state index in [1.807, 2.05) is 0 Å². The van der Waals surface area contributed by atoms with E-state index < -0.39 is 0 Å². The average Bonchev–Trinajstić information content (AvgIpc) is 1.52. The monoisotopic (exact) mass is 1900 g/mol. The van der Waals surface area contributed by atoms with Crippen molar-refractivity contribution in [2.24, 2.45) is 0 Å². The highest BCUT2D eigenvalue weighted by atomic mass is 15.2. The molecule has 0 aliphatic rings. The second kappa shape index (κ2) is 31.2. The Morgan fingerprint density at radius 1 is 0.127 bits per heavy atom. The Bertz CT molecular complexity index is 11600. The molecule has 32 aromatic rings. The lowest BCUT2D eigenvalue weighted by Gasteiger charge is -2.27. The second-order valence-corrected chi connectivity index (χ2v) is 39.2. The summed E-state index contributed by atoms with van der Waals surface area (Å²) in [6.07, 6.45) is 0. The third-order valence-corrected chi connectivity index (χ3v) is 32.0. The number of aromatic nitrogens is 10. The summed E-state index contributed by atoms with van der Waals surface area (Å²) in [5, 5.41) is 73.6. The Labute approximate surface area is 854 Å². The van der Waals surface area contributed by atoms with Crippen molar-refractivity contribution in [1.82, 2.24) is 45.7 Å². The molecule has 10 heterocycles. The molecule has 0 N–H and O–H groups in total. The van der Waals surface area contributed by atoms with E-state index in [9.17, 15) is 21.0 Å². The number of hydrogen-bond donors (Lipinski definition) is 0. The third kappa shape index (κ3) is 11.0. The minimum Gasteiger partial charge on any atom is -0.309 e. The molecule has 14 heteroatoms. The van der Waals surface area contributed by atoms with Crippen molar-refractivity contribution in [1.29, 1.82) is 21.0 Å². The number of nitrogens with zero attached hydrogens (tertiary/aromatic N) is 14. The van der Waals surface area contributed by atoms with Gasteiger partial charge in [0.2, 0.25) is 0 Å². The zero-order chi connectivity index (χ0) is 98.7. The van der Waals surface area contributed by atoms with Gasteiger partial charge in [0.1, 0.15) is 46.5 Å². The summed E-state index contributed by atoms with van der Waals surface area (Å²) in [7, 11) is 0. The van der Waals surface area contributed by atoms with Crippen LogP contribution in [0, 0.1) is 45.3 Å². The van der Waals surface area contributed by atoms with E-state index in [1.165, 1.54) is 0 Å². The third-order valence-electron chi connectivity index (χ3n) is 32.0. The molecule has 690 valence electrons. The zero-order valence-corrected chi connectivity index (χ0v) is 80.1. The van der Waals surface area contributed by atoms with Crippen molar-refractivity contribution in [3.05, 3.63) is 483 Å². The van der Waals surface area contributed by atoms with Crippen LogP contribution in [0.5, 0.6) is 0 Å². The molecule has 0 bridgehead atoms. The maximum atomic E-state index is 13.6. The predicted octanol–water partition coefficient (Wildman–Crippen LogP) is 33.8. The molecule has 0 saturated carbocycles. The standard InChI is InChI=1S/C136H76N14/c137-77-104-128(149-119-64-32-19-51-97(119)103-75-102-96-50-16-21-53-108(96)142(125(102)76-126(103)149)84-37-5-2-6-38-84)105(78-138)132(135(147-113-58-26-11-43-89(113)90-44-12-27-59-114(90)147)131(104)143-109-54-22-7-39-85(109)86-40-8-23-55-110(86)143)145-117-62-30-17-48-94(117)100-73-81(67-70-122(100)145)82-68-71-123-101(74-82)95-49-18-31-63-118(95)146(123)134-107(80-140)129(150-120-65-33-15-47-93(120)98-69-72-124-127(130(98)150)99-52-20-34-66-121(99)141(124)83-35-3-1-4-36-83)106(79-139)133(144-111-56-24-9-41-87(111)88-42-10-25-57-112(88)144)136(134)148-115-60-28-13-45-91(115)92-46-14-29-61-116(92)148/h1-76H. The first-order valence-corrected chi connectivity index (χ1v) is 50.5. The van der Waals surface area contributed by atoms with Gasteiger partial charge in [-0.15, -0.1) is 0 Å². The van der Waals surface area contributed by atoms with Gasteiger partial charge < -0.3 is 45.7 Å². The maximum absolute atomic E-state index is 13.6. The van der Waals surface area contributed by atoms with Gasteiger partial charge in [-0.3, -0.25) is 0 Å². The number of nitriles is 4. The van der Waals surface area contributed by atoms with Gasteiger partial charge in [-0.1, -0.05) is 309 Å². The molecule has 0 fully saturated rings. The molecule has 0 radical (unpaired) electrons. The summed E-state index contributed by atoms with van der Waals surface area (Å²) in [6, 6.07) is 175. The molecule has 0 saturated heterocycles. The van der Waals surface area contributed by atoms with Crippen molar-refractivity contribution in [3.8, 4) is 92.3 Å². The number of hydrogen-bond acceptors (Lipinski definition) is 4. The van der Waals surface area contributed by atoms with Crippen molar-refractivity contribution < 1.29 is 0 Å². The van der Waals surface area contributed by atoms with Crippen LogP contribution in [0.2, 0.25) is 0 Å². The predicted molar refractivity (Wildman–Crippen MR) is 614 cm³/mol. The molecule has 14 nitrogen and oxygen atoms in total. The van der Waals surface area contributed by atoms with Crippen LogP contribution in [0.4, 0.5) is 0 Å². The van der Waals surface area contributed by atoms with Crippen LogP contribution in [0.1, 0.15) is 22.3 Å². The van der Waals surface area contributed by atoms with E-state index in [1.54, 1.807) is 0 Å². The Morgan fingerprint density at radius 3 is 0.627 bits per heavy atom. The lowest BCUT2D eigenvalue weighted by Crippen LogP contribution is -2.17. The molecule has 32 rings (SSSR count). The van der Waals surface area contributed by atoms with E-state index in [0.29, 0.717) is 56.6 Å². The molecular weight excluding hydrogens is 1830 g/mol. The van der Waals surface area contributed by atoms with Crippen LogP contribution in [0.3, 0.4) is 0 Å². The second-order valence-electron chi connectivity index (χ2n) is 39.2. The van der Waals surface area contributed by atoms with Crippen LogP contribution in [0.15, 0.2) is 461 Å². The van der Waals surface area contributed by atoms with Gasteiger partial charge in [0.25, 0.3) is 0 Å². The molecule has 0 unspecified atom stereocenters. The topological polar surface area (TPSA) is 144 Å². The summed E-state index contributed by atoms with van der Waals surface area (Å²) >= 11 is 0. The number of benzene rings is 22. The molecule has 0 aliphatic heterocycles. The van der Waals surface area contributed by atoms with Gasteiger partial charge in [-0.2, -0.15) is 21.0 Å². The van der Waals surface area contributed by atoms with Crippen molar-refractivity contribution in [2.45, 2.75) is 0 Å². The van der Waals surface area contributed by atoms with Crippen LogP contribution in [-0.2, 0) is 0 Å². The largest absolute Gasteiger partial charge is 0.309 e. The molecule has 10 aromatic heterocycles. The molecule has 150 heavy (non-hydrogen) atoms. The molecule has 0 aliphatic carbocycles. The Hall–Kier alpha value is -21.2. The van der Waals surface area contributed by atoms with E-state index >= 15 is 0 Å². The van der Waals surface area contributed by atoms with E-state index in [4.69, 9.17) is 0 Å². The van der Waals surface area contributed by atoms with Gasteiger partial charge >= 0.3 is 0 Å². The van der Waals surface area contributed by atoms with Crippen molar-refractivity contribution >= 4 is 218 Å². The van der Waals surface area contributed by atoms with Crippen LogP contribution in [0.25, 0.3) is 286 Å². The average molecular weight is 1910 g/mol. The summed E-state index contributed by atoms with van der Waals surface area (Å²) < 4.78 is 23.1. The summed E-state index contributed by atoms with van der Waals surface area (Å²) in [4.78, 5) is 0. The minimum absolute atomic E-state index is 0.282. The van der Waals surface area contributed by atoms with Gasteiger partial charge in [0, 0.05) is 119 Å². The fourth-order valence-corrected chi connectivity index (χ4v) is 26.1. The van der Waals surface area contributed by atoms with Crippen LogP contribution in [-0.4, -0.2) is 45.7 Å². The van der Waals surface area contributed by atoms with Crippen LogP contribution >= 0.6 is 0 Å². The fourth-order valence-electron chi connectivity index (χ4n) is 26.1. The number of rotatable bonds is 11. The first-order valence-electron chi connectivity index (χ1n) is 50.5. The first kappa shape index (κ1) is 82.4. The van der Waals surface area contributed by atoms with Gasteiger partial charge in [-0.05, 0) is 163 Å². The minimum atomic E-state index is 0.282. The highest BCUT2D eigenvalue weighted by Gasteiger charge is 2.40. The Kier molecular flexibility index (Phi) is 17.1. The van der Waals surface area contributed by atoms with E-state index in [0.717, 1.165) is 241 Å². The normalized spacial score (nSPS) is 12.1. The first-order chi connectivity index (χ1) is 74.4. The summed E-state index contributed by atoms with van der Waals surface area (Å²) in [5.41, 5.74) is 27.2. The molecule has 0 spiro atoms. The molecule has 0 atom stereocenters. The van der Waals surface area contributed by atoms with Crippen molar-refractivity contribution in [3.63, 3.8) is 0 Å². The molecular formula is C136H76N14. The van der Waals surface area contributed by atoms with E-state index in [2.05, 4.69) is 531 Å². The Morgan fingerprint density at radius 2 is 0.327 bits per heavy atom. The Balaban J connectivity index is 0.701. The highest BCUT2D eigenvalue weighted by molar-refractivity contribution is 6.28. The molecule has 0 amide bonds. The molecule has 22 aromatic carbocycles. The number of para-hydroxylation sites is 16. The highest BCUT2D eigenvalue weighted by Crippen LogP contribution is 2.56. The SMILES string of the molecule is N#Cc1c(-n2c3ccccc3c3cc4c5ccccc5n(-c5ccccc5)c4cc32)c(C#N)c(-n2c3ccccc3c3cc(-c4ccc5c(c4)c4ccccc4n5-c4c(C#N)c(-n5c6ccccc6c6ccc7c(c8ccccc8n7-c7ccccc7)c65)c(C#N)c(-n5c6ccccc6c6ccccc65)c4-n4c5ccccc5c5ccccc54)ccc32)c(-n2c3ccccc3c3ccccc32)c1-n1c2ccccc2c2ccccc21. The maximum Gasteiger partial charge on any atom is 0.104 e.